The molecule has 0 amide bonds. The molecule has 0 aromatic carbocycles. The van der Waals surface area contributed by atoms with Gasteiger partial charge in [0.05, 0.1) is 17.0 Å². The Bertz CT molecular complexity index is 494. The third-order valence-electron chi connectivity index (χ3n) is 3.48. The monoisotopic (exact) mass is 291 g/mol. The Morgan fingerprint density at radius 3 is 2.74 bits per heavy atom. The van der Waals surface area contributed by atoms with Crippen molar-refractivity contribution >= 4 is 18.6 Å². The molecule has 8 heteroatoms. The van der Waals surface area contributed by atoms with Crippen LogP contribution in [0.3, 0.4) is 0 Å². The fourth-order valence-electron chi connectivity index (χ4n) is 2.48. The Kier molecular flexibility index (Phi) is 3.82. The highest BCUT2D eigenvalue weighted by molar-refractivity contribution is 7.80. The normalized spacial score (nSPS) is 28.2. The fraction of sp³-hybridized carbons (Fsp3) is 0.636. The summed E-state index contributed by atoms with van der Waals surface area (Å²) in [7, 11) is 1.75. The number of carboxylic acid groups (broad SMARTS) is 1. The van der Waals surface area contributed by atoms with E-state index in [4.69, 9.17) is 0 Å². The lowest BCUT2D eigenvalue weighted by atomic mass is 9.93. The van der Waals surface area contributed by atoms with Gasteiger partial charge in [0.1, 0.15) is 0 Å². The van der Waals surface area contributed by atoms with Crippen molar-refractivity contribution in [3.05, 3.63) is 17.5 Å². The zero-order valence-electron chi connectivity index (χ0n) is 10.5. The van der Waals surface area contributed by atoms with Gasteiger partial charge in [0.25, 0.3) is 0 Å². The highest BCUT2D eigenvalue weighted by Crippen LogP contribution is 2.38. The van der Waals surface area contributed by atoms with Gasteiger partial charge in [-0.25, -0.2) is 4.68 Å². The largest absolute Gasteiger partial charge is 0.481 e. The molecule has 0 saturated carbocycles. The molecule has 1 aliphatic heterocycles. The SMILES string of the molecule is Cc1cc(C2CN(C)C(S)C2C(=O)O)nn1C(F)F. The molecule has 3 atom stereocenters. The van der Waals surface area contributed by atoms with E-state index in [0.29, 0.717) is 22.6 Å². The molecular weight excluding hydrogens is 276 g/mol. The number of nitrogens with zero attached hydrogens (tertiary/aromatic N) is 3. The first kappa shape index (κ1) is 14.3. The van der Waals surface area contributed by atoms with Crippen molar-refractivity contribution in [2.75, 3.05) is 13.6 Å². The summed E-state index contributed by atoms with van der Waals surface area (Å²) in [6.07, 6.45) is 0. The van der Waals surface area contributed by atoms with E-state index in [0.717, 1.165) is 0 Å². The van der Waals surface area contributed by atoms with Gasteiger partial charge in [0.15, 0.2) is 0 Å². The standard InChI is InChI=1S/C11H15F2N3O2S/c1-5-3-7(14-16(5)11(12)13)6-4-15(2)9(19)8(6)10(17)18/h3,6,8-9,11,19H,4H2,1-2H3,(H,17,18). The second-order valence-corrected chi connectivity index (χ2v) is 5.29. The van der Waals surface area contributed by atoms with Crippen LogP contribution in [0.4, 0.5) is 8.78 Å². The van der Waals surface area contributed by atoms with E-state index in [1.165, 1.54) is 13.0 Å². The molecule has 0 bridgehead atoms. The van der Waals surface area contributed by atoms with Gasteiger partial charge in [-0.15, -0.1) is 0 Å². The summed E-state index contributed by atoms with van der Waals surface area (Å²) < 4.78 is 26.0. The minimum Gasteiger partial charge on any atom is -0.481 e. The second kappa shape index (κ2) is 5.09. The maximum atomic E-state index is 12.7. The van der Waals surface area contributed by atoms with Crippen LogP contribution in [0, 0.1) is 12.8 Å². The number of rotatable bonds is 3. The molecule has 3 unspecified atom stereocenters. The van der Waals surface area contributed by atoms with Crippen molar-refractivity contribution in [3.8, 4) is 0 Å². The summed E-state index contributed by atoms with van der Waals surface area (Å²) in [4.78, 5) is 13.1. The first-order valence-corrected chi connectivity index (χ1v) is 6.30. The number of hydrogen-bond acceptors (Lipinski definition) is 4. The van der Waals surface area contributed by atoms with E-state index in [9.17, 15) is 18.7 Å². The zero-order chi connectivity index (χ0) is 14.3. The van der Waals surface area contributed by atoms with Gasteiger partial charge in [0, 0.05) is 18.2 Å². The number of halogens is 2. The molecule has 1 aromatic rings. The molecule has 0 aliphatic carbocycles. The lowest BCUT2D eigenvalue weighted by Crippen LogP contribution is -2.29. The van der Waals surface area contributed by atoms with Gasteiger partial charge < -0.3 is 5.11 Å². The first-order chi connectivity index (χ1) is 8.82. The summed E-state index contributed by atoms with van der Waals surface area (Å²) in [5.41, 5.74) is 0.702. The Morgan fingerprint density at radius 2 is 2.26 bits per heavy atom. The molecule has 2 rings (SSSR count). The van der Waals surface area contributed by atoms with E-state index in [-0.39, 0.29) is 0 Å². The zero-order valence-corrected chi connectivity index (χ0v) is 11.4. The third-order valence-corrected chi connectivity index (χ3v) is 4.20. The molecule has 0 spiro atoms. The molecule has 19 heavy (non-hydrogen) atoms. The Labute approximate surface area is 114 Å². The smallest absolute Gasteiger partial charge is 0.333 e. The van der Waals surface area contributed by atoms with E-state index >= 15 is 0 Å². The average molecular weight is 291 g/mol. The maximum Gasteiger partial charge on any atom is 0.333 e. The topological polar surface area (TPSA) is 58.4 Å². The molecule has 0 radical (unpaired) electrons. The Hall–Kier alpha value is -1.15. The van der Waals surface area contributed by atoms with Gasteiger partial charge in [-0.2, -0.15) is 26.5 Å². The highest BCUT2D eigenvalue weighted by Gasteiger charge is 2.44. The minimum absolute atomic E-state index is 0.319. The number of likely N-dealkylation sites (tertiary alicyclic amines) is 1. The number of aromatic nitrogens is 2. The van der Waals surface area contributed by atoms with Crippen molar-refractivity contribution in [1.82, 2.24) is 14.7 Å². The molecule has 5 nitrogen and oxygen atoms in total. The van der Waals surface area contributed by atoms with Gasteiger partial charge >= 0.3 is 12.5 Å². The van der Waals surface area contributed by atoms with Crippen LogP contribution in [0.25, 0.3) is 0 Å². The van der Waals surface area contributed by atoms with Crippen molar-refractivity contribution in [1.29, 1.82) is 0 Å². The molecule has 1 aromatic heterocycles. The number of aliphatic carboxylic acids is 1. The number of aryl methyl sites for hydroxylation is 1. The summed E-state index contributed by atoms with van der Waals surface area (Å²) in [5, 5.41) is 12.7. The Balaban J connectivity index is 2.35. The van der Waals surface area contributed by atoms with E-state index in [1.54, 1.807) is 11.9 Å². The van der Waals surface area contributed by atoms with Crippen molar-refractivity contribution in [2.45, 2.75) is 24.8 Å². The Morgan fingerprint density at radius 1 is 1.63 bits per heavy atom. The van der Waals surface area contributed by atoms with Crippen LogP contribution in [0.2, 0.25) is 0 Å². The fourth-order valence-corrected chi connectivity index (χ4v) is 2.91. The van der Waals surface area contributed by atoms with Gasteiger partial charge in [0.2, 0.25) is 0 Å². The second-order valence-electron chi connectivity index (χ2n) is 4.76. The average Bonchev–Trinajstić information content (AvgIpc) is 2.81. The van der Waals surface area contributed by atoms with Crippen molar-refractivity contribution < 1.29 is 18.7 Å². The molecule has 1 fully saturated rings. The van der Waals surface area contributed by atoms with Crippen LogP contribution in [0.1, 0.15) is 23.9 Å². The predicted molar refractivity (Wildman–Crippen MR) is 67.5 cm³/mol. The summed E-state index contributed by atoms with van der Waals surface area (Å²) in [5.74, 6) is -2.17. The number of alkyl halides is 2. The maximum absolute atomic E-state index is 12.7. The lowest BCUT2D eigenvalue weighted by molar-refractivity contribution is -0.142. The highest BCUT2D eigenvalue weighted by atomic mass is 32.1. The number of carboxylic acids is 1. The third kappa shape index (κ3) is 2.46. The molecule has 106 valence electrons. The first-order valence-electron chi connectivity index (χ1n) is 5.78. The van der Waals surface area contributed by atoms with Crippen LogP contribution in [0.5, 0.6) is 0 Å². The molecule has 1 aliphatic rings. The summed E-state index contributed by atoms with van der Waals surface area (Å²) in [6, 6.07) is 1.52. The van der Waals surface area contributed by atoms with Crippen molar-refractivity contribution in [3.63, 3.8) is 0 Å². The van der Waals surface area contributed by atoms with Crippen LogP contribution in [-0.2, 0) is 4.79 Å². The number of likely N-dealkylation sites (N-methyl/N-ethyl adjacent to an activating group) is 1. The minimum atomic E-state index is -2.72. The number of thiol groups is 1. The number of hydrogen-bond donors (Lipinski definition) is 2. The molecule has 1 saturated heterocycles. The summed E-state index contributed by atoms with van der Waals surface area (Å²) in [6.45, 7) is -0.761. The van der Waals surface area contributed by atoms with Crippen molar-refractivity contribution in [2.24, 2.45) is 5.92 Å². The van der Waals surface area contributed by atoms with Crippen LogP contribution < -0.4 is 0 Å². The van der Waals surface area contributed by atoms with Crippen LogP contribution in [0.15, 0.2) is 6.07 Å². The summed E-state index contributed by atoms with van der Waals surface area (Å²) >= 11 is 4.27. The van der Waals surface area contributed by atoms with Gasteiger partial charge in [-0.1, -0.05) is 0 Å². The quantitative estimate of drug-likeness (QED) is 0.830. The van der Waals surface area contributed by atoms with Crippen LogP contribution in [-0.4, -0.2) is 44.7 Å². The van der Waals surface area contributed by atoms with Crippen LogP contribution >= 0.6 is 12.6 Å². The number of carbonyl (C=O) groups is 1. The molecular formula is C11H15F2N3O2S. The van der Waals surface area contributed by atoms with E-state index in [1.807, 2.05) is 0 Å². The predicted octanol–water partition coefficient (Wildman–Crippen LogP) is 1.57. The lowest BCUT2D eigenvalue weighted by Gasteiger charge is -2.16. The molecule has 1 N–H and O–H groups in total. The molecule has 2 heterocycles. The van der Waals surface area contributed by atoms with E-state index in [2.05, 4.69) is 17.7 Å². The van der Waals surface area contributed by atoms with Gasteiger partial charge in [-0.05, 0) is 20.0 Å². The van der Waals surface area contributed by atoms with E-state index < -0.39 is 29.7 Å². The van der Waals surface area contributed by atoms with Gasteiger partial charge in [-0.3, -0.25) is 9.69 Å².